The van der Waals surface area contributed by atoms with Crippen molar-refractivity contribution in [3.05, 3.63) is 17.9 Å². The summed E-state index contributed by atoms with van der Waals surface area (Å²) in [6.07, 6.45) is 0.354. The lowest BCUT2D eigenvalue weighted by Crippen LogP contribution is -2.34. The Balaban J connectivity index is 2.55. The average Bonchev–Trinajstić information content (AvgIpc) is 2.66. The van der Waals surface area contributed by atoms with Crippen LogP contribution in [0, 0.1) is 0 Å². The second kappa shape index (κ2) is 5.55. The number of furan rings is 1. The third-order valence-electron chi connectivity index (χ3n) is 2.10. The molecule has 0 amide bonds. The van der Waals surface area contributed by atoms with Gasteiger partial charge in [-0.3, -0.25) is 4.79 Å². The van der Waals surface area contributed by atoms with Crippen LogP contribution in [0.15, 0.2) is 16.5 Å². The van der Waals surface area contributed by atoms with E-state index in [2.05, 4.69) is 0 Å². The van der Waals surface area contributed by atoms with Crippen molar-refractivity contribution < 1.29 is 13.9 Å². The molecule has 16 heavy (non-hydrogen) atoms. The van der Waals surface area contributed by atoms with Crippen LogP contribution in [0.25, 0.3) is 0 Å². The Morgan fingerprint density at radius 3 is 2.75 bits per heavy atom. The zero-order valence-corrected chi connectivity index (χ0v) is 9.90. The van der Waals surface area contributed by atoms with Gasteiger partial charge in [0, 0.05) is 26.6 Å². The van der Waals surface area contributed by atoms with E-state index in [1.54, 1.807) is 6.92 Å². The van der Waals surface area contributed by atoms with Gasteiger partial charge in [0.25, 0.3) is 0 Å². The van der Waals surface area contributed by atoms with E-state index < -0.39 is 12.0 Å². The molecule has 0 saturated carbocycles. The summed E-state index contributed by atoms with van der Waals surface area (Å²) in [5.41, 5.74) is 5.67. The van der Waals surface area contributed by atoms with Gasteiger partial charge in [-0.15, -0.1) is 0 Å². The molecular weight excluding hydrogens is 208 g/mol. The molecule has 2 N–H and O–H groups in total. The number of carbonyl (C=O) groups excluding carboxylic acids is 1. The zero-order chi connectivity index (χ0) is 12.1. The molecule has 0 aliphatic heterocycles. The van der Waals surface area contributed by atoms with Crippen molar-refractivity contribution in [2.45, 2.75) is 19.4 Å². The Labute approximate surface area is 95.2 Å². The number of esters is 1. The molecule has 1 heterocycles. The topological polar surface area (TPSA) is 68.7 Å². The lowest BCUT2D eigenvalue weighted by molar-refractivity contribution is -0.144. The Kier molecular flexibility index (Phi) is 4.37. The van der Waals surface area contributed by atoms with Crippen molar-refractivity contribution in [2.75, 3.05) is 25.6 Å². The molecule has 0 fully saturated rings. The van der Waals surface area contributed by atoms with Gasteiger partial charge >= 0.3 is 5.97 Å². The molecule has 1 unspecified atom stereocenters. The fraction of sp³-hybridized carbons (Fsp3) is 0.545. The van der Waals surface area contributed by atoms with Gasteiger partial charge in [-0.05, 0) is 13.0 Å². The van der Waals surface area contributed by atoms with Crippen LogP contribution in [0.4, 0.5) is 5.88 Å². The average molecular weight is 226 g/mol. The number of hydrogen-bond acceptors (Lipinski definition) is 5. The highest BCUT2D eigenvalue weighted by molar-refractivity contribution is 5.75. The molecule has 5 nitrogen and oxygen atoms in total. The Morgan fingerprint density at radius 1 is 1.56 bits per heavy atom. The molecule has 0 saturated heterocycles. The lowest BCUT2D eigenvalue weighted by Gasteiger charge is -2.09. The highest BCUT2D eigenvalue weighted by Gasteiger charge is 2.17. The van der Waals surface area contributed by atoms with Crippen LogP contribution in [0.3, 0.4) is 0 Å². The normalized spacial score (nSPS) is 12.2. The molecule has 1 rings (SSSR count). The van der Waals surface area contributed by atoms with E-state index in [1.807, 2.05) is 31.1 Å². The maximum Gasteiger partial charge on any atom is 0.323 e. The zero-order valence-electron chi connectivity index (χ0n) is 9.90. The highest BCUT2D eigenvalue weighted by Crippen LogP contribution is 2.16. The first-order chi connectivity index (χ1) is 7.54. The number of ether oxygens (including phenoxy) is 1. The molecule has 1 aromatic rings. The van der Waals surface area contributed by atoms with Gasteiger partial charge in [-0.1, -0.05) is 0 Å². The van der Waals surface area contributed by atoms with Gasteiger partial charge in [-0.2, -0.15) is 0 Å². The van der Waals surface area contributed by atoms with Crippen molar-refractivity contribution >= 4 is 11.9 Å². The minimum absolute atomic E-state index is 0.341. The first kappa shape index (κ1) is 12.6. The van der Waals surface area contributed by atoms with E-state index in [9.17, 15) is 4.79 Å². The van der Waals surface area contributed by atoms with E-state index in [0.717, 1.165) is 5.88 Å². The second-order valence-corrected chi connectivity index (χ2v) is 3.70. The van der Waals surface area contributed by atoms with Crippen LogP contribution in [-0.4, -0.2) is 32.7 Å². The van der Waals surface area contributed by atoms with Gasteiger partial charge in [0.1, 0.15) is 11.8 Å². The van der Waals surface area contributed by atoms with Crippen molar-refractivity contribution in [3.8, 4) is 0 Å². The van der Waals surface area contributed by atoms with Crippen LogP contribution in [0.1, 0.15) is 12.7 Å². The number of nitrogens with zero attached hydrogens (tertiary/aromatic N) is 1. The monoisotopic (exact) mass is 226 g/mol. The number of nitrogens with two attached hydrogens (primary N) is 1. The minimum atomic E-state index is -0.666. The van der Waals surface area contributed by atoms with Crippen LogP contribution >= 0.6 is 0 Å². The van der Waals surface area contributed by atoms with Gasteiger partial charge in [0.05, 0.1) is 6.61 Å². The summed E-state index contributed by atoms with van der Waals surface area (Å²) in [5.74, 6) is 1.03. The minimum Gasteiger partial charge on any atom is -0.465 e. The fourth-order valence-corrected chi connectivity index (χ4v) is 1.27. The quantitative estimate of drug-likeness (QED) is 0.751. The van der Waals surface area contributed by atoms with Crippen molar-refractivity contribution in [3.63, 3.8) is 0 Å². The smallest absolute Gasteiger partial charge is 0.323 e. The molecule has 90 valence electrons. The Hall–Kier alpha value is -1.49. The molecule has 0 aliphatic rings. The molecule has 1 aromatic heterocycles. The number of rotatable bonds is 5. The summed E-state index contributed by atoms with van der Waals surface area (Å²) in [6.45, 7) is 2.09. The fourth-order valence-electron chi connectivity index (χ4n) is 1.27. The van der Waals surface area contributed by atoms with Gasteiger partial charge in [0.2, 0.25) is 0 Å². The maximum absolute atomic E-state index is 11.3. The van der Waals surface area contributed by atoms with E-state index in [-0.39, 0.29) is 0 Å². The van der Waals surface area contributed by atoms with Crippen LogP contribution in [0.2, 0.25) is 0 Å². The molecule has 0 aliphatic carbocycles. The molecular formula is C11H18N2O3. The first-order valence-corrected chi connectivity index (χ1v) is 5.22. The lowest BCUT2D eigenvalue weighted by atomic mass is 10.2. The summed E-state index contributed by atoms with van der Waals surface area (Å²) in [6, 6.07) is 2.99. The van der Waals surface area contributed by atoms with E-state index in [1.165, 1.54) is 0 Å². The van der Waals surface area contributed by atoms with Crippen LogP contribution < -0.4 is 10.6 Å². The first-order valence-electron chi connectivity index (χ1n) is 5.22. The van der Waals surface area contributed by atoms with Gasteiger partial charge in [0.15, 0.2) is 5.88 Å². The number of hydrogen-bond donors (Lipinski definition) is 1. The molecule has 1 atom stereocenters. The Morgan fingerprint density at radius 2 is 2.25 bits per heavy atom. The third-order valence-corrected chi connectivity index (χ3v) is 2.10. The van der Waals surface area contributed by atoms with Crippen molar-refractivity contribution in [1.29, 1.82) is 0 Å². The highest BCUT2D eigenvalue weighted by atomic mass is 16.5. The maximum atomic E-state index is 11.3. The van der Waals surface area contributed by atoms with E-state index >= 15 is 0 Å². The second-order valence-electron chi connectivity index (χ2n) is 3.70. The SMILES string of the molecule is CCOC(=O)C(N)Cc1ccc(N(C)C)o1. The predicted octanol–water partition coefficient (Wildman–Crippen LogP) is 0.778. The molecule has 0 radical (unpaired) electrons. The van der Waals surface area contributed by atoms with Crippen molar-refractivity contribution in [1.82, 2.24) is 0 Å². The standard InChI is InChI=1S/C11H18N2O3/c1-4-15-11(14)9(12)7-8-5-6-10(16-8)13(2)3/h5-6,9H,4,7,12H2,1-3H3. The number of anilines is 1. The third kappa shape index (κ3) is 3.27. The summed E-state index contributed by atoms with van der Waals surface area (Å²) in [4.78, 5) is 13.1. The molecule has 5 heteroatoms. The largest absolute Gasteiger partial charge is 0.465 e. The molecule has 0 spiro atoms. The summed E-state index contributed by atoms with van der Waals surface area (Å²) >= 11 is 0. The van der Waals surface area contributed by atoms with Gasteiger partial charge < -0.3 is 19.8 Å². The summed E-state index contributed by atoms with van der Waals surface area (Å²) in [7, 11) is 3.77. The van der Waals surface area contributed by atoms with Gasteiger partial charge in [-0.25, -0.2) is 0 Å². The summed E-state index contributed by atoms with van der Waals surface area (Å²) < 4.78 is 10.3. The van der Waals surface area contributed by atoms with Crippen molar-refractivity contribution in [2.24, 2.45) is 5.73 Å². The van der Waals surface area contributed by atoms with E-state index in [0.29, 0.717) is 18.8 Å². The summed E-state index contributed by atoms with van der Waals surface area (Å²) in [5, 5.41) is 0. The molecule has 0 aromatic carbocycles. The molecule has 0 bridgehead atoms. The van der Waals surface area contributed by atoms with Crippen LogP contribution in [0.5, 0.6) is 0 Å². The predicted molar refractivity (Wildman–Crippen MR) is 61.3 cm³/mol. The van der Waals surface area contributed by atoms with Crippen LogP contribution in [-0.2, 0) is 16.0 Å². The number of carbonyl (C=O) groups is 1. The van der Waals surface area contributed by atoms with E-state index in [4.69, 9.17) is 14.9 Å². The Bertz CT molecular complexity index is 347.